The Morgan fingerprint density at radius 1 is 1.14 bits per heavy atom. The minimum absolute atomic E-state index is 0.0721. The first-order chi connectivity index (χ1) is 14.1. The summed E-state index contributed by atoms with van der Waals surface area (Å²) in [4.78, 5) is 27.1. The van der Waals surface area contributed by atoms with E-state index < -0.39 is 0 Å². The molecule has 0 unspecified atom stereocenters. The maximum absolute atomic E-state index is 12.6. The Balaban J connectivity index is 1.33. The number of oxazole rings is 1. The van der Waals surface area contributed by atoms with E-state index >= 15 is 0 Å². The molecule has 0 bridgehead atoms. The summed E-state index contributed by atoms with van der Waals surface area (Å²) in [5, 5.41) is 2.98. The van der Waals surface area contributed by atoms with E-state index in [1.54, 1.807) is 18.7 Å². The van der Waals surface area contributed by atoms with E-state index in [9.17, 15) is 4.79 Å². The average molecular weight is 391 g/mol. The maximum Gasteiger partial charge on any atom is 0.321 e. The molecule has 7 heteroatoms. The van der Waals surface area contributed by atoms with Crippen LogP contribution in [0, 0.1) is 0 Å². The van der Waals surface area contributed by atoms with Crippen molar-refractivity contribution in [3.8, 4) is 11.5 Å². The van der Waals surface area contributed by atoms with Crippen LogP contribution in [0.4, 0.5) is 10.5 Å². The predicted octanol–water partition coefficient (Wildman–Crippen LogP) is 4.67. The van der Waals surface area contributed by atoms with Gasteiger partial charge in [-0.05, 0) is 43.2 Å². The third kappa shape index (κ3) is 4.45. The van der Waals surface area contributed by atoms with Gasteiger partial charge in [-0.2, -0.15) is 0 Å². The Morgan fingerprint density at radius 2 is 1.90 bits per heavy atom. The first-order valence-electron chi connectivity index (χ1n) is 9.98. The summed E-state index contributed by atoms with van der Waals surface area (Å²) in [6.45, 7) is 5.57. The number of urea groups is 1. The van der Waals surface area contributed by atoms with Crippen molar-refractivity contribution in [1.82, 2.24) is 19.9 Å². The molecule has 29 heavy (non-hydrogen) atoms. The van der Waals surface area contributed by atoms with Crippen molar-refractivity contribution in [1.29, 1.82) is 0 Å². The van der Waals surface area contributed by atoms with Gasteiger partial charge in [-0.25, -0.2) is 19.7 Å². The predicted molar refractivity (Wildman–Crippen MR) is 111 cm³/mol. The van der Waals surface area contributed by atoms with Crippen LogP contribution in [0.25, 0.3) is 11.5 Å². The molecular formula is C22H25N5O2. The number of carbonyl (C=O) groups is 1. The first-order valence-corrected chi connectivity index (χ1v) is 9.98. The number of amides is 2. The zero-order valence-corrected chi connectivity index (χ0v) is 16.7. The molecule has 1 aromatic carbocycles. The Morgan fingerprint density at radius 3 is 2.52 bits per heavy atom. The molecule has 1 saturated heterocycles. The molecule has 1 fully saturated rings. The normalized spacial score (nSPS) is 14.9. The Bertz CT molecular complexity index is 945. The third-order valence-corrected chi connectivity index (χ3v) is 5.28. The van der Waals surface area contributed by atoms with E-state index in [0.717, 1.165) is 35.5 Å². The number of rotatable bonds is 4. The number of carbonyl (C=O) groups excluding carboxylic acids is 1. The highest BCUT2D eigenvalue weighted by Gasteiger charge is 2.24. The highest BCUT2D eigenvalue weighted by Crippen LogP contribution is 2.27. The summed E-state index contributed by atoms with van der Waals surface area (Å²) >= 11 is 0. The van der Waals surface area contributed by atoms with Crippen molar-refractivity contribution in [2.24, 2.45) is 0 Å². The summed E-state index contributed by atoms with van der Waals surface area (Å²) in [5.74, 6) is 2.15. The van der Waals surface area contributed by atoms with Crippen LogP contribution < -0.4 is 5.32 Å². The molecule has 0 aliphatic carbocycles. The summed E-state index contributed by atoms with van der Waals surface area (Å²) in [6.07, 6.45) is 6.94. The van der Waals surface area contributed by atoms with Crippen molar-refractivity contribution in [3.05, 3.63) is 60.5 Å². The van der Waals surface area contributed by atoms with E-state index in [2.05, 4.69) is 34.1 Å². The maximum atomic E-state index is 12.6. The second-order valence-electron chi connectivity index (χ2n) is 7.63. The number of anilines is 1. The second-order valence-corrected chi connectivity index (χ2v) is 7.63. The smallest absolute Gasteiger partial charge is 0.321 e. The van der Waals surface area contributed by atoms with Crippen molar-refractivity contribution < 1.29 is 9.21 Å². The molecule has 7 nitrogen and oxygen atoms in total. The highest BCUT2D eigenvalue weighted by atomic mass is 16.4. The second kappa shape index (κ2) is 8.43. The van der Waals surface area contributed by atoms with E-state index in [1.807, 2.05) is 35.2 Å². The van der Waals surface area contributed by atoms with Crippen LogP contribution in [0.2, 0.25) is 0 Å². The molecule has 1 aliphatic rings. The molecular weight excluding hydrogens is 366 g/mol. The standard InChI is InChI=1S/C22H25N5O2/c1-15(2)20-13-24-21(29-20)17-3-5-18(6-4-17)26-22(28)27-11-8-16(9-12-27)19-7-10-23-14-25-19/h3-7,10,13-16H,8-9,11-12H2,1-2H3,(H,26,28). The lowest BCUT2D eigenvalue weighted by atomic mass is 9.93. The molecule has 150 valence electrons. The molecule has 2 aromatic heterocycles. The van der Waals surface area contributed by atoms with Crippen LogP contribution in [-0.4, -0.2) is 39.0 Å². The van der Waals surface area contributed by atoms with Gasteiger partial charge < -0.3 is 14.6 Å². The summed E-state index contributed by atoms with van der Waals surface area (Å²) in [6, 6.07) is 9.46. The molecule has 4 rings (SSSR count). The molecule has 3 heterocycles. The number of piperidine rings is 1. The summed E-state index contributed by atoms with van der Waals surface area (Å²) in [7, 11) is 0. The van der Waals surface area contributed by atoms with E-state index in [4.69, 9.17) is 4.42 Å². The van der Waals surface area contributed by atoms with Gasteiger partial charge in [0, 0.05) is 48.1 Å². The van der Waals surface area contributed by atoms with Gasteiger partial charge in [-0.15, -0.1) is 0 Å². The number of nitrogens with one attached hydrogen (secondary N) is 1. The summed E-state index contributed by atoms with van der Waals surface area (Å²) in [5.41, 5.74) is 2.70. The molecule has 0 radical (unpaired) electrons. The Kier molecular flexibility index (Phi) is 5.55. The van der Waals surface area contributed by atoms with Gasteiger partial charge in [-0.3, -0.25) is 0 Å². The van der Waals surface area contributed by atoms with Crippen molar-refractivity contribution >= 4 is 11.7 Å². The fourth-order valence-corrected chi connectivity index (χ4v) is 3.51. The zero-order chi connectivity index (χ0) is 20.2. The molecule has 1 N–H and O–H groups in total. The van der Waals surface area contributed by atoms with Gasteiger partial charge in [0.1, 0.15) is 12.1 Å². The fourth-order valence-electron chi connectivity index (χ4n) is 3.51. The van der Waals surface area contributed by atoms with Crippen LogP contribution in [0.3, 0.4) is 0 Å². The van der Waals surface area contributed by atoms with Crippen LogP contribution in [0.5, 0.6) is 0 Å². The molecule has 0 atom stereocenters. The Hall–Kier alpha value is -3.22. The number of hydrogen-bond acceptors (Lipinski definition) is 5. The quantitative estimate of drug-likeness (QED) is 0.699. The number of aromatic nitrogens is 3. The van der Waals surface area contributed by atoms with Crippen LogP contribution in [0.1, 0.15) is 50.0 Å². The Labute approximate surface area is 170 Å². The fraction of sp³-hybridized carbons (Fsp3) is 0.364. The van der Waals surface area contributed by atoms with Gasteiger partial charge in [0.05, 0.1) is 6.20 Å². The number of hydrogen-bond donors (Lipinski definition) is 1. The molecule has 3 aromatic rings. The molecule has 0 saturated carbocycles. The van der Waals surface area contributed by atoms with Crippen molar-refractivity contribution in [2.45, 2.75) is 38.5 Å². The topological polar surface area (TPSA) is 84.2 Å². The van der Waals surface area contributed by atoms with E-state index in [0.29, 0.717) is 30.8 Å². The summed E-state index contributed by atoms with van der Waals surface area (Å²) < 4.78 is 5.78. The minimum Gasteiger partial charge on any atom is -0.441 e. The number of likely N-dealkylation sites (tertiary alicyclic amines) is 1. The van der Waals surface area contributed by atoms with Crippen LogP contribution in [0.15, 0.2) is 53.5 Å². The zero-order valence-electron chi connectivity index (χ0n) is 16.7. The van der Waals surface area contributed by atoms with Gasteiger partial charge in [0.2, 0.25) is 5.89 Å². The van der Waals surface area contributed by atoms with Crippen LogP contribution in [-0.2, 0) is 0 Å². The van der Waals surface area contributed by atoms with Crippen molar-refractivity contribution in [3.63, 3.8) is 0 Å². The largest absolute Gasteiger partial charge is 0.441 e. The van der Waals surface area contributed by atoms with Gasteiger partial charge in [-0.1, -0.05) is 13.8 Å². The average Bonchev–Trinajstić information content (AvgIpc) is 3.26. The van der Waals surface area contributed by atoms with E-state index in [-0.39, 0.29) is 6.03 Å². The lowest BCUT2D eigenvalue weighted by Crippen LogP contribution is -2.40. The number of benzene rings is 1. The van der Waals surface area contributed by atoms with Gasteiger partial charge >= 0.3 is 6.03 Å². The van der Waals surface area contributed by atoms with Gasteiger partial charge in [0.15, 0.2) is 0 Å². The third-order valence-electron chi connectivity index (χ3n) is 5.28. The monoisotopic (exact) mass is 391 g/mol. The minimum atomic E-state index is -0.0721. The van der Waals surface area contributed by atoms with Crippen LogP contribution >= 0.6 is 0 Å². The van der Waals surface area contributed by atoms with E-state index in [1.165, 1.54) is 0 Å². The SMILES string of the molecule is CC(C)c1cnc(-c2ccc(NC(=O)N3CCC(c4ccncn4)CC3)cc2)o1. The first kappa shape index (κ1) is 19.1. The molecule has 1 aliphatic heterocycles. The highest BCUT2D eigenvalue weighted by molar-refractivity contribution is 5.89. The molecule has 2 amide bonds. The van der Waals surface area contributed by atoms with Gasteiger partial charge in [0.25, 0.3) is 0 Å². The van der Waals surface area contributed by atoms with Crippen molar-refractivity contribution in [2.75, 3.05) is 18.4 Å². The lowest BCUT2D eigenvalue weighted by Gasteiger charge is -2.31. The molecule has 0 spiro atoms. The number of nitrogens with zero attached hydrogens (tertiary/aromatic N) is 4. The lowest BCUT2D eigenvalue weighted by molar-refractivity contribution is 0.194.